The fraction of sp³-hybridized carbons (Fsp3) is 0.528. The summed E-state index contributed by atoms with van der Waals surface area (Å²) in [6.45, 7) is 10.6. The third kappa shape index (κ3) is 7.31. The van der Waals surface area contributed by atoms with Gasteiger partial charge in [0.1, 0.15) is 0 Å². The molecular formula is C36H48N6O2. The number of carbonyl (C=O) groups excluding carboxylic acids is 2. The van der Waals surface area contributed by atoms with E-state index >= 15 is 0 Å². The molecule has 3 aromatic rings. The highest BCUT2D eigenvalue weighted by atomic mass is 16.2. The number of hydrogen-bond acceptors (Lipinski definition) is 6. The second kappa shape index (κ2) is 14.6. The van der Waals surface area contributed by atoms with Crippen LogP contribution in [-0.4, -0.2) is 96.4 Å². The molecule has 1 aliphatic carbocycles. The average Bonchev–Trinajstić information content (AvgIpc) is 3.06. The van der Waals surface area contributed by atoms with Gasteiger partial charge in [-0.1, -0.05) is 67.8 Å². The number of nitrogens with zero attached hydrogens (tertiary/aromatic N) is 4. The van der Waals surface area contributed by atoms with Crippen molar-refractivity contribution in [3.63, 3.8) is 0 Å². The summed E-state index contributed by atoms with van der Waals surface area (Å²) in [7, 11) is 0. The molecule has 2 aromatic carbocycles. The van der Waals surface area contributed by atoms with Gasteiger partial charge >= 0.3 is 0 Å². The van der Waals surface area contributed by atoms with Gasteiger partial charge in [0.2, 0.25) is 5.91 Å². The zero-order valence-corrected chi connectivity index (χ0v) is 26.3. The zero-order valence-electron chi connectivity index (χ0n) is 26.3. The molecule has 2 amide bonds. The third-order valence-electron chi connectivity index (χ3n) is 9.87. The maximum Gasteiger partial charge on any atom is 0.252 e. The summed E-state index contributed by atoms with van der Waals surface area (Å²) in [6.07, 6.45) is 7.11. The first-order chi connectivity index (χ1) is 21.6. The van der Waals surface area contributed by atoms with E-state index in [0.29, 0.717) is 31.1 Å². The van der Waals surface area contributed by atoms with Crippen molar-refractivity contribution in [2.45, 2.75) is 58.0 Å². The number of amides is 2. The molecule has 0 bridgehead atoms. The van der Waals surface area contributed by atoms with Gasteiger partial charge < -0.3 is 20.4 Å². The Balaban J connectivity index is 1.25. The predicted octanol–water partition coefficient (Wildman–Crippen LogP) is 4.54. The van der Waals surface area contributed by atoms with Gasteiger partial charge in [0.25, 0.3) is 5.91 Å². The minimum atomic E-state index is -0.0354. The first kappa shape index (κ1) is 30.7. The Morgan fingerprint density at radius 3 is 2.45 bits per heavy atom. The molecule has 0 unspecified atom stereocenters. The Morgan fingerprint density at radius 2 is 1.68 bits per heavy atom. The molecule has 2 N–H and O–H groups in total. The number of aromatic nitrogens is 1. The van der Waals surface area contributed by atoms with Gasteiger partial charge in [0, 0.05) is 74.9 Å². The maximum atomic E-state index is 14.3. The lowest BCUT2D eigenvalue weighted by Gasteiger charge is -2.36. The molecule has 2 saturated heterocycles. The van der Waals surface area contributed by atoms with E-state index in [1.807, 2.05) is 47.4 Å². The van der Waals surface area contributed by atoms with Crippen molar-refractivity contribution in [2.24, 2.45) is 5.92 Å². The lowest BCUT2D eigenvalue weighted by atomic mass is 9.84. The van der Waals surface area contributed by atoms with Gasteiger partial charge in [0.15, 0.2) is 0 Å². The van der Waals surface area contributed by atoms with Crippen molar-refractivity contribution in [1.29, 1.82) is 0 Å². The lowest BCUT2D eigenvalue weighted by molar-refractivity contribution is -0.136. The van der Waals surface area contributed by atoms with Crippen LogP contribution in [0.25, 0.3) is 22.2 Å². The summed E-state index contributed by atoms with van der Waals surface area (Å²) in [6, 6.07) is 18.3. The van der Waals surface area contributed by atoms with Crippen LogP contribution in [0.1, 0.15) is 61.4 Å². The predicted molar refractivity (Wildman–Crippen MR) is 176 cm³/mol. The Labute approximate surface area is 262 Å². The number of carbonyl (C=O) groups is 2. The fourth-order valence-electron chi connectivity index (χ4n) is 7.30. The van der Waals surface area contributed by atoms with E-state index in [4.69, 9.17) is 4.98 Å². The van der Waals surface area contributed by atoms with Crippen molar-refractivity contribution < 1.29 is 9.59 Å². The number of pyridine rings is 1. The molecule has 234 valence electrons. The number of fused-ring (bicyclic) bond motifs is 1. The number of benzene rings is 2. The van der Waals surface area contributed by atoms with E-state index in [2.05, 4.69) is 39.5 Å². The topological polar surface area (TPSA) is 80.8 Å². The molecule has 6 rings (SSSR count). The van der Waals surface area contributed by atoms with Crippen LogP contribution in [0.2, 0.25) is 0 Å². The number of rotatable bonds is 10. The molecule has 1 saturated carbocycles. The molecule has 44 heavy (non-hydrogen) atoms. The quantitative estimate of drug-likeness (QED) is 0.358. The Morgan fingerprint density at radius 1 is 0.932 bits per heavy atom. The molecule has 0 spiro atoms. The molecule has 1 atom stereocenters. The number of nitrogens with one attached hydrogen (secondary N) is 2. The summed E-state index contributed by atoms with van der Waals surface area (Å²) < 4.78 is 0. The van der Waals surface area contributed by atoms with Gasteiger partial charge in [-0.05, 0) is 44.7 Å². The number of piperazine rings is 2. The molecule has 8 nitrogen and oxygen atoms in total. The van der Waals surface area contributed by atoms with Crippen molar-refractivity contribution >= 4 is 22.7 Å². The molecule has 2 aliphatic heterocycles. The van der Waals surface area contributed by atoms with Crippen molar-refractivity contribution in [1.82, 2.24) is 30.3 Å². The minimum absolute atomic E-state index is 0.0354. The fourth-order valence-corrected chi connectivity index (χ4v) is 7.30. The Kier molecular flexibility index (Phi) is 10.2. The van der Waals surface area contributed by atoms with Gasteiger partial charge in [0.05, 0.1) is 23.3 Å². The van der Waals surface area contributed by atoms with E-state index in [0.717, 1.165) is 80.0 Å². The van der Waals surface area contributed by atoms with Crippen LogP contribution in [0, 0.1) is 5.92 Å². The van der Waals surface area contributed by atoms with Crippen molar-refractivity contribution in [2.75, 3.05) is 58.9 Å². The van der Waals surface area contributed by atoms with Gasteiger partial charge in [-0.25, -0.2) is 4.98 Å². The van der Waals surface area contributed by atoms with E-state index in [-0.39, 0.29) is 17.9 Å². The van der Waals surface area contributed by atoms with Gasteiger partial charge in [-0.15, -0.1) is 0 Å². The largest absolute Gasteiger partial charge is 0.349 e. The highest BCUT2D eigenvalue weighted by Gasteiger charge is 2.29. The van der Waals surface area contributed by atoms with Crippen LogP contribution in [0.3, 0.4) is 0 Å². The first-order valence-electron chi connectivity index (χ1n) is 16.8. The van der Waals surface area contributed by atoms with Crippen LogP contribution < -0.4 is 10.6 Å². The highest BCUT2D eigenvalue weighted by Crippen LogP contribution is 2.33. The van der Waals surface area contributed by atoms with E-state index in [1.54, 1.807) is 0 Å². The van der Waals surface area contributed by atoms with E-state index in [9.17, 15) is 9.59 Å². The molecule has 0 radical (unpaired) electrons. The van der Waals surface area contributed by atoms with Crippen molar-refractivity contribution in [3.05, 3.63) is 65.7 Å². The van der Waals surface area contributed by atoms with Crippen molar-refractivity contribution in [3.8, 4) is 11.3 Å². The maximum absolute atomic E-state index is 14.3. The van der Waals surface area contributed by atoms with Crippen LogP contribution in [0.4, 0.5) is 0 Å². The minimum Gasteiger partial charge on any atom is -0.349 e. The number of para-hydroxylation sites is 1. The number of hydrogen-bond donors (Lipinski definition) is 2. The smallest absolute Gasteiger partial charge is 0.252 e. The normalized spacial score (nSPS) is 19.8. The highest BCUT2D eigenvalue weighted by molar-refractivity contribution is 6.09. The third-order valence-corrected chi connectivity index (χ3v) is 9.87. The van der Waals surface area contributed by atoms with Gasteiger partial charge in [-0.3, -0.25) is 14.5 Å². The van der Waals surface area contributed by atoms with Crippen LogP contribution >= 0.6 is 0 Å². The second-order valence-electron chi connectivity index (χ2n) is 12.9. The van der Waals surface area contributed by atoms with E-state index in [1.165, 1.54) is 32.1 Å². The summed E-state index contributed by atoms with van der Waals surface area (Å²) in [5.74, 6) is 0.644. The van der Waals surface area contributed by atoms with E-state index < -0.39 is 0 Å². The molecular weight excluding hydrogens is 548 g/mol. The summed E-state index contributed by atoms with van der Waals surface area (Å²) in [5.41, 5.74) is 4.23. The summed E-state index contributed by atoms with van der Waals surface area (Å²) in [4.78, 5) is 39.5. The second-order valence-corrected chi connectivity index (χ2v) is 12.9. The zero-order chi connectivity index (χ0) is 30.3. The molecule has 3 fully saturated rings. The van der Waals surface area contributed by atoms with Crippen LogP contribution in [-0.2, 0) is 11.3 Å². The average molecular weight is 597 g/mol. The molecule has 3 aliphatic rings. The molecule has 1 aromatic heterocycles. The van der Waals surface area contributed by atoms with Crippen LogP contribution in [0.15, 0.2) is 54.6 Å². The first-order valence-corrected chi connectivity index (χ1v) is 16.8. The molecule has 8 heteroatoms. The standard InChI is InChI=1S/C36H48N6O2/c1-27(28-11-4-2-5-12-28)38-36(44)34-30-15-8-9-16-32(30)39-35(29-13-6-3-7-14-29)31(34)25-41-23-24-42(33(43)26-41)20-10-19-40-21-17-37-18-22-40/h3,6-9,13-16,27-28,37H,2,4-5,10-12,17-26H2,1H3,(H,38,44)/t27-/m0/s1. The van der Waals surface area contributed by atoms with Crippen LogP contribution in [0.5, 0.6) is 0 Å². The summed E-state index contributed by atoms with van der Waals surface area (Å²) >= 11 is 0. The monoisotopic (exact) mass is 596 g/mol. The van der Waals surface area contributed by atoms with Gasteiger partial charge in [-0.2, -0.15) is 0 Å². The SMILES string of the molecule is C[C@H](NC(=O)c1c(CN2CCN(CCCN3CCNCC3)C(=O)C2)c(-c2ccccc2)nc2ccccc12)C1CCCCC1. The molecule has 3 heterocycles. The Hall–Kier alpha value is -3.33. The Bertz CT molecular complexity index is 1420. The lowest BCUT2D eigenvalue weighted by Crippen LogP contribution is -2.51. The summed E-state index contributed by atoms with van der Waals surface area (Å²) in [5, 5.41) is 7.68.